The highest BCUT2D eigenvalue weighted by atomic mass is 16.5. The molecule has 8 heteroatoms. The lowest BCUT2D eigenvalue weighted by Crippen LogP contribution is -2.42. The molecule has 3 atom stereocenters. The Hall–Kier alpha value is -1.92. The standard InChI is InChI=1S/C30H51N3O5/c1-4-6-8-10-12-14-18-31(19-15-13-11-9-7-5-2)20-16-17-21-32-29(36)25(3)23-33(30(32)37)28-22-26(35)27(24-34)38-28/h23,26-28,34-35H,4-15,18-22,24H2,1-3H3/t26-,27-,28-/m1/s1. The lowest BCUT2D eigenvalue weighted by Gasteiger charge is -2.19. The number of hydrogen-bond donors (Lipinski definition) is 2. The molecule has 0 amide bonds. The molecule has 1 aliphatic rings. The molecule has 0 bridgehead atoms. The van der Waals surface area contributed by atoms with E-state index >= 15 is 0 Å². The average molecular weight is 534 g/mol. The summed E-state index contributed by atoms with van der Waals surface area (Å²) in [5.74, 6) is 6.26. The third kappa shape index (κ3) is 10.7. The van der Waals surface area contributed by atoms with Crippen molar-refractivity contribution in [3.63, 3.8) is 0 Å². The van der Waals surface area contributed by atoms with Crippen molar-refractivity contribution in [2.45, 2.75) is 129 Å². The van der Waals surface area contributed by atoms with Gasteiger partial charge in [-0.1, -0.05) is 89.9 Å². The normalized spacial score (nSPS) is 19.2. The van der Waals surface area contributed by atoms with Crippen LogP contribution in [0.25, 0.3) is 0 Å². The molecule has 0 spiro atoms. The largest absolute Gasteiger partial charge is 0.394 e. The van der Waals surface area contributed by atoms with Gasteiger partial charge in [-0.05, 0) is 32.9 Å². The summed E-state index contributed by atoms with van der Waals surface area (Å²) in [5, 5.41) is 19.4. The molecule has 2 heterocycles. The molecule has 0 saturated carbocycles. The van der Waals surface area contributed by atoms with E-state index < -0.39 is 24.1 Å². The molecular weight excluding hydrogens is 482 g/mol. The van der Waals surface area contributed by atoms with Crippen LogP contribution in [-0.4, -0.2) is 62.7 Å². The van der Waals surface area contributed by atoms with Crippen LogP contribution < -0.4 is 11.2 Å². The summed E-state index contributed by atoms with van der Waals surface area (Å²) in [6.07, 6.45) is 14.5. The Labute approximate surface area is 229 Å². The fourth-order valence-corrected chi connectivity index (χ4v) is 4.96. The van der Waals surface area contributed by atoms with Crippen molar-refractivity contribution in [3.05, 3.63) is 32.6 Å². The van der Waals surface area contributed by atoms with Gasteiger partial charge in [-0.2, -0.15) is 0 Å². The fourth-order valence-electron chi connectivity index (χ4n) is 4.96. The molecule has 0 aromatic carbocycles. The minimum Gasteiger partial charge on any atom is -0.394 e. The molecule has 1 aliphatic heterocycles. The van der Waals surface area contributed by atoms with E-state index in [2.05, 4.69) is 30.6 Å². The van der Waals surface area contributed by atoms with Gasteiger partial charge < -0.3 is 14.9 Å². The van der Waals surface area contributed by atoms with Crippen LogP contribution in [0.3, 0.4) is 0 Å². The lowest BCUT2D eigenvalue weighted by molar-refractivity contribution is -0.0463. The van der Waals surface area contributed by atoms with Crippen molar-refractivity contribution in [1.29, 1.82) is 0 Å². The number of unbranched alkanes of at least 4 members (excludes halogenated alkanes) is 10. The lowest BCUT2D eigenvalue weighted by atomic mass is 10.1. The first-order valence-corrected chi connectivity index (χ1v) is 14.9. The van der Waals surface area contributed by atoms with E-state index in [1.54, 1.807) is 6.92 Å². The number of aliphatic hydroxyl groups is 2. The summed E-state index contributed by atoms with van der Waals surface area (Å²) in [4.78, 5) is 28.2. The van der Waals surface area contributed by atoms with Gasteiger partial charge in [0.25, 0.3) is 5.56 Å². The molecule has 8 nitrogen and oxygen atoms in total. The summed E-state index contributed by atoms with van der Waals surface area (Å²) in [6, 6.07) is 0. The first-order chi connectivity index (χ1) is 18.4. The van der Waals surface area contributed by atoms with Crippen molar-refractivity contribution in [2.75, 3.05) is 26.2 Å². The van der Waals surface area contributed by atoms with Crippen LogP contribution in [0.2, 0.25) is 0 Å². The molecule has 38 heavy (non-hydrogen) atoms. The Morgan fingerprint density at radius 3 is 2.08 bits per heavy atom. The highest BCUT2D eigenvalue weighted by Crippen LogP contribution is 2.27. The zero-order valence-corrected chi connectivity index (χ0v) is 24.0. The number of nitrogens with zero attached hydrogens (tertiary/aromatic N) is 3. The molecule has 216 valence electrons. The monoisotopic (exact) mass is 533 g/mol. The summed E-state index contributed by atoms with van der Waals surface area (Å²) >= 11 is 0. The van der Waals surface area contributed by atoms with Crippen LogP contribution in [0.1, 0.15) is 109 Å². The van der Waals surface area contributed by atoms with Gasteiger partial charge in [0.2, 0.25) is 0 Å². The van der Waals surface area contributed by atoms with E-state index in [-0.39, 0.29) is 25.1 Å². The number of rotatable bonds is 18. The van der Waals surface area contributed by atoms with Crippen molar-refractivity contribution in [1.82, 2.24) is 14.0 Å². The van der Waals surface area contributed by atoms with E-state index in [0.29, 0.717) is 12.1 Å². The van der Waals surface area contributed by atoms with Crippen molar-refractivity contribution < 1.29 is 14.9 Å². The minimum atomic E-state index is -0.860. The van der Waals surface area contributed by atoms with Gasteiger partial charge in [0.05, 0.1) is 25.8 Å². The second-order valence-corrected chi connectivity index (χ2v) is 10.7. The van der Waals surface area contributed by atoms with Crippen molar-refractivity contribution in [3.8, 4) is 11.8 Å². The zero-order valence-electron chi connectivity index (χ0n) is 24.0. The van der Waals surface area contributed by atoms with Gasteiger partial charge in [-0.15, -0.1) is 0 Å². The SMILES string of the molecule is CCCCCCCCN(CC#CCn1c(=O)c(C)cn([C@H]2C[C@@H](O)[C@@H](CO)O2)c1=O)CCCCCCCC. The number of ether oxygens (including phenoxy) is 1. The number of aryl methyl sites for hydroxylation is 1. The van der Waals surface area contributed by atoms with E-state index in [9.17, 15) is 19.8 Å². The molecule has 0 aliphatic carbocycles. The van der Waals surface area contributed by atoms with Gasteiger partial charge in [-0.3, -0.25) is 14.3 Å². The van der Waals surface area contributed by atoms with Crippen LogP contribution in [0.4, 0.5) is 0 Å². The third-order valence-electron chi connectivity index (χ3n) is 7.38. The van der Waals surface area contributed by atoms with Crippen LogP contribution in [-0.2, 0) is 11.3 Å². The first kappa shape index (κ1) is 32.3. The van der Waals surface area contributed by atoms with Gasteiger partial charge in [0.1, 0.15) is 12.3 Å². The molecule has 1 aromatic rings. The van der Waals surface area contributed by atoms with E-state index in [1.165, 1.54) is 87.8 Å². The molecule has 1 fully saturated rings. The quantitative estimate of drug-likeness (QED) is 0.219. The number of aromatic nitrogens is 2. The van der Waals surface area contributed by atoms with Gasteiger partial charge in [0, 0.05) is 18.2 Å². The maximum atomic E-state index is 13.1. The van der Waals surface area contributed by atoms with E-state index in [1.807, 2.05) is 0 Å². The molecule has 1 aromatic heterocycles. The molecule has 2 N–H and O–H groups in total. The summed E-state index contributed by atoms with van der Waals surface area (Å²) in [6.45, 7) is 8.50. The smallest absolute Gasteiger partial charge is 0.333 e. The average Bonchev–Trinajstić information content (AvgIpc) is 3.29. The van der Waals surface area contributed by atoms with Crippen LogP contribution in [0.5, 0.6) is 0 Å². The number of hydrogen-bond acceptors (Lipinski definition) is 6. The molecule has 0 unspecified atom stereocenters. The Kier molecular flexibility index (Phi) is 15.6. The maximum Gasteiger partial charge on any atom is 0.333 e. The zero-order chi connectivity index (χ0) is 27.8. The van der Waals surface area contributed by atoms with E-state index in [0.717, 1.165) is 17.7 Å². The maximum absolute atomic E-state index is 13.1. The van der Waals surface area contributed by atoms with Gasteiger partial charge >= 0.3 is 5.69 Å². The second kappa shape index (κ2) is 18.4. The Bertz CT molecular complexity index is 961. The van der Waals surface area contributed by atoms with Crippen LogP contribution >= 0.6 is 0 Å². The highest BCUT2D eigenvalue weighted by Gasteiger charge is 2.35. The third-order valence-corrected chi connectivity index (χ3v) is 7.38. The van der Waals surface area contributed by atoms with Crippen LogP contribution in [0, 0.1) is 18.8 Å². The fraction of sp³-hybridized carbons (Fsp3) is 0.800. The number of aliphatic hydroxyl groups excluding tert-OH is 2. The van der Waals surface area contributed by atoms with Gasteiger partial charge in [-0.25, -0.2) is 9.36 Å². The van der Waals surface area contributed by atoms with Gasteiger partial charge in [0.15, 0.2) is 0 Å². The predicted octanol–water partition coefficient (Wildman–Crippen LogP) is 3.99. The Balaban J connectivity index is 1.99. The summed E-state index contributed by atoms with van der Waals surface area (Å²) < 4.78 is 8.11. The topological polar surface area (TPSA) is 96.9 Å². The minimum absolute atomic E-state index is 0.0138. The van der Waals surface area contributed by atoms with Crippen molar-refractivity contribution in [2.24, 2.45) is 0 Å². The summed E-state index contributed by atoms with van der Waals surface area (Å²) in [5.41, 5.74) is -0.472. The Morgan fingerprint density at radius 1 is 0.947 bits per heavy atom. The van der Waals surface area contributed by atoms with Crippen LogP contribution in [0.15, 0.2) is 15.8 Å². The van der Waals surface area contributed by atoms with E-state index in [4.69, 9.17) is 4.74 Å². The Morgan fingerprint density at radius 2 is 1.53 bits per heavy atom. The molecule has 1 saturated heterocycles. The predicted molar refractivity (Wildman–Crippen MR) is 152 cm³/mol. The second-order valence-electron chi connectivity index (χ2n) is 10.7. The molecule has 2 rings (SSSR count). The van der Waals surface area contributed by atoms with Crippen molar-refractivity contribution >= 4 is 0 Å². The molecule has 0 radical (unpaired) electrons. The highest BCUT2D eigenvalue weighted by molar-refractivity contribution is 5.07. The molecular formula is C30H51N3O5. The first-order valence-electron chi connectivity index (χ1n) is 14.9. The summed E-state index contributed by atoms with van der Waals surface area (Å²) in [7, 11) is 0.